The molecule has 1 aliphatic rings. The molecule has 0 atom stereocenters. The Morgan fingerprint density at radius 1 is 1.04 bits per heavy atom. The van der Waals surface area contributed by atoms with Gasteiger partial charge in [0.05, 0.1) is 12.3 Å². The van der Waals surface area contributed by atoms with E-state index < -0.39 is 0 Å². The number of benzene rings is 2. The normalized spacial score (nSPS) is 13.0. The summed E-state index contributed by atoms with van der Waals surface area (Å²) in [5.41, 5.74) is 6.23. The summed E-state index contributed by atoms with van der Waals surface area (Å²) in [7, 11) is 0. The molecule has 0 unspecified atom stereocenters. The Morgan fingerprint density at radius 3 is 2.65 bits per heavy atom. The van der Waals surface area contributed by atoms with Crippen molar-refractivity contribution in [3.05, 3.63) is 70.6 Å². The summed E-state index contributed by atoms with van der Waals surface area (Å²) in [5, 5.41) is 0. The van der Waals surface area contributed by atoms with Crippen molar-refractivity contribution in [3.8, 4) is 17.2 Å². The molecule has 2 aromatic carbocycles. The Kier molecular flexibility index (Phi) is 4.79. The van der Waals surface area contributed by atoms with Gasteiger partial charge in [0.25, 0.3) is 0 Å². The summed E-state index contributed by atoms with van der Waals surface area (Å²) in [4.78, 5) is 4.68. The zero-order valence-electron chi connectivity index (χ0n) is 15.5. The Bertz CT molecular complexity index is 893. The highest BCUT2D eigenvalue weighted by molar-refractivity contribution is 5.54. The number of nitrogens with zero attached hydrogens (tertiary/aromatic N) is 1. The first kappa shape index (κ1) is 16.9. The quantitative estimate of drug-likeness (QED) is 0.605. The van der Waals surface area contributed by atoms with Crippen molar-refractivity contribution in [2.45, 2.75) is 46.0 Å². The fourth-order valence-corrected chi connectivity index (χ4v) is 3.57. The average molecular weight is 347 g/mol. The topological polar surface area (TPSA) is 35.3 Å². The molecule has 0 saturated carbocycles. The van der Waals surface area contributed by atoms with Gasteiger partial charge in [-0.1, -0.05) is 25.1 Å². The van der Waals surface area contributed by atoms with Crippen molar-refractivity contribution >= 4 is 0 Å². The highest BCUT2D eigenvalue weighted by Crippen LogP contribution is 2.26. The molecular weight excluding hydrogens is 322 g/mol. The van der Waals surface area contributed by atoms with Crippen molar-refractivity contribution in [3.63, 3.8) is 0 Å². The van der Waals surface area contributed by atoms with Gasteiger partial charge in [-0.05, 0) is 73.6 Å². The summed E-state index contributed by atoms with van der Waals surface area (Å²) in [6.45, 7) is 4.74. The van der Waals surface area contributed by atoms with E-state index in [4.69, 9.17) is 9.15 Å². The fourth-order valence-electron chi connectivity index (χ4n) is 3.57. The van der Waals surface area contributed by atoms with Crippen LogP contribution in [-0.4, -0.2) is 11.6 Å². The molecule has 0 spiro atoms. The molecule has 0 aliphatic heterocycles. The van der Waals surface area contributed by atoms with E-state index in [0.29, 0.717) is 12.5 Å². The van der Waals surface area contributed by atoms with Crippen molar-refractivity contribution < 1.29 is 9.15 Å². The van der Waals surface area contributed by atoms with Crippen LogP contribution in [0.15, 0.2) is 46.9 Å². The first-order valence-corrected chi connectivity index (χ1v) is 9.53. The number of rotatable bonds is 6. The largest absolute Gasteiger partial charge is 0.493 e. The van der Waals surface area contributed by atoms with Crippen molar-refractivity contribution in [1.29, 1.82) is 0 Å². The van der Waals surface area contributed by atoms with Crippen LogP contribution in [0.5, 0.6) is 5.75 Å². The molecule has 1 heterocycles. The molecule has 1 aliphatic carbocycles. The number of oxazole rings is 1. The standard InChI is InChI=1S/C23H25NO2/c1-3-17-7-9-19(10-8-17)23-24-22(16(2)26-23)13-14-25-21-12-11-18-5-4-6-20(18)15-21/h7-12,15H,3-6,13-14H2,1-2H3. The predicted octanol–water partition coefficient (Wildman–Crippen LogP) is 5.32. The average Bonchev–Trinajstić information content (AvgIpc) is 3.28. The van der Waals surface area contributed by atoms with E-state index in [1.165, 1.54) is 36.0 Å². The Morgan fingerprint density at radius 2 is 1.85 bits per heavy atom. The van der Waals surface area contributed by atoms with Crippen LogP contribution in [0, 0.1) is 6.92 Å². The van der Waals surface area contributed by atoms with Crippen LogP contribution in [-0.2, 0) is 25.7 Å². The van der Waals surface area contributed by atoms with E-state index in [1.54, 1.807) is 0 Å². The highest BCUT2D eigenvalue weighted by atomic mass is 16.5. The Hall–Kier alpha value is -2.55. The molecule has 4 rings (SSSR count). The fraction of sp³-hybridized carbons (Fsp3) is 0.348. The summed E-state index contributed by atoms with van der Waals surface area (Å²) in [5.74, 6) is 2.52. The molecule has 26 heavy (non-hydrogen) atoms. The molecule has 0 fully saturated rings. The lowest BCUT2D eigenvalue weighted by atomic mass is 10.1. The van der Waals surface area contributed by atoms with Crippen molar-refractivity contribution in [1.82, 2.24) is 4.98 Å². The SMILES string of the molecule is CCc1ccc(-c2nc(CCOc3ccc4c(c3)CCC4)c(C)o2)cc1. The van der Waals surface area contributed by atoms with E-state index in [0.717, 1.165) is 35.6 Å². The van der Waals surface area contributed by atoms with Gasteiger partial charge in [-0.25, -0.2) is 4.98 Å². The van der Waals surface area contributed by atoms with Crippen LogP contribution in [0.4, 0.5) is 0 Å². The van der Waals surface area contributed by atoms with Gasteiger partial charge in [-0.2, -0.15) is 0 Å². The van der Waals surface area contributed by atoms with Gasteiger partial charge in [0, 0.05) is 12.0 Å². The zero-order valence-corrected chi connectivity index (χ0v) is 15.5. The maximum atomic E-state index is 5.95. The van der Waals surface area contributed by atoms with Gasteiger partial charge in [0.15, 0.2) is 0 Å². The van der Waals surface area contributed by atoms with Crippen LogP contribution in [0.25, 0.3) is 11.5 Å². The number of hydrogen-bond acceptors (Lipinski definition) is 3. The molecule has 1 aromatic heterocycles. The minimum Gasteiger partial charge on any atom is -0.493 e. The van der Waals surface area contributed by atoms with Gasteiger partial charge in [-0.15, -0.1) is 0 Å². The number of fused-ring (bicyclic) bond motifs is 1. The first-order valence-electron chi connectivity index (χ1n) is 9.53. The molecule has 3 heteroatoms. The molecule has 0 radical (unpaired) electrons. The van der Waals surface area contributed by atoms with Gasteiger partial charge in [0.1, 0.15) is 11.5 Å². The lowest BCUT2D eigenvalue weighted by Crippen LogP contribution is -2.03. The van der Waals surface area contributed by atoms with Crippen molar-refractivity contribution in [2.24, 2.45) is 0 Å². The first-order chi connectivity index (χ1) is 12.7. The molecule has 3 nitrogen and oxygen atoms in total. The van der Waals surface area contributed by atoms with Crippen molar-refractivity contribution in [2.75, 3.05) is 6.61 Å². The third kappa shape index (κ3) is 3.52. The van der Waals surface area contributed by atoms with E-state index in [-0.39, 0.29) is 0 Å². The predicted molar refractivity (Wildman–Crippen MR) is 104 cm³/mol. The monoisotopic (exact) mass is 347 g/mol. The van der Waals surface area contributed by atoms with Gasteiger partial charge >= 0.3 is 0 Å². The summed E-state index contributed by atoms with van der Waals surface area (Å²) in [6, 6.07) is 14.9. The molecule has 0 saturated heterocycles. The molecular formula is C23H25NO2. The summed E-state index contributed by atoms with van der Waals surface area (Å²) < 4.78 is 11.8. The maximum Gasteiger partial charge on any atom is 0.226 e. The lowest BCUT2D eigenvalue weighted by Gasteiger charge is -2.07. The Balaban J connectivity index is 1.40. The smallest absolute Gasteiger partial charge is 0.226 e. The van der Waals surface area contributed by atoms with Gasteiger partial charge in [0.2, 0.25) is 5.89 Å². The molecule has 0 bridgehead atoms. The number of ether oxygens (including phenoxy) is 1. The van der Waals surface area contributed by atoms with E-state index in [1.807, 2.05) is 6.92 Å². The molecule has 3 aromatic rings. The minimum atomic E-state index is 0.611. The van der Waals surface area contributed by atoms with E-state index >= 15 is 0 Å². The zero-order chi connectivity index (χ0) is 17.9. The van der Waals surface area contributed by atoms with Crippen LogP contribution in [0.2, 0.25) is 0 Å². The van der Waals surface area contributed by atoms with Crippen LogP contribution < -0.4 is 4.74 Å². The number of hydrogen-bond donors (Lipinski definition) is 0. The molecule has 0 amide bonds. The minimum absolute atomic E-state index is 0.611. The van der Waals surface area contributed by atoms with Crippen LogP contribution in [0.3, 0.4) is 0 Å². The third-order valence-electron chi connectivity index (χ3n) is 5.18. The van der Waals surface area contributed by atoms with Gasteiger partial charge < -0.3 is 9.15 Å². The van der Waals surface area contributed by atoms with E-state index in [9.17, 15) is 0 Å². The maximum absolute atomic E-state index is 5.95. The second-order valence-electron chi connectivity index (χ2n) is 6.95. The second-order valence-corrected chi connectivity index (χ2v) is 6.95. The van der Waals surface area contributed by atoms with Gasteiger partial charge in [-0.3, -0.25) is 0 Å². The highest BCUT2D eigenvalue weighted by Gasteiger charge is 2.13. The second kappa shape index (κ2) is 7.36. The lowest BCUT2D eigenvalue weighted by molar-refractivity contribution is 0.319. The third-order valence-corrected chi connectivity index (χ3v) is 5.18. The van der Waals surface area contributed by atoms with Crippen LogP contribution in [0.1, 0.15) is 41.5 Å². The van der Waals surface area contributed by atoms with Crippen LogP contribution >= 0.6 is 0 Å². The number of aromatic nitrogens is 1. The summed E-state index contributed by atoms with van der Waals surface area (Å²) >= 11 is 0. The molecule has 134 valence electrons. The Labute approximate surface area is 155 Å². The summed E-state index contributed by atoms with van der Waals surface area (Å²) in [6.07, 6.45) is 5.43. The van der Waals surface area contributed by atoms with E-state index in [2.05, 4.69) is 54.4 Å². The molecule has 0 N–H and O–H groups in total. The number of aryl methyl sites for hydroxylation is 4.